The highest BCUT2D eigenvalue weighted by atomic mass is 16.6. The van der Waals surface area contributed by atoms with Crippen LogP contribution in [0.1, 0.15) is 72.6 Å². The van der Waals surface area contributed by atoms with E-state index < -0.39 is 29.7 Å². The van der Waals surface area contributed by atoms with E-state index in [-0.39, 0.29) is 54.4 Å². The summed E-state index contributed by atoms with van der Waals surface area (Å²) in [4.78, 5) is 74.8. The van der Waals surface area contributed by atoms with Gasteiger partial charge in [0, 0.05) is 19.4 Å². The molecule has 68 heavy (non-hydrogen) atoms. The molecule has 0 aromatic heterocycles. The SMILES string of the molecule is CCOC(=O)CCOCCOCCOCCOCCOCCOCCOCCOCCOCCOCCOCCOCCCCCC(=O)Nc1cccc2c1C(=O)N(C1CCC(=O)NC1=O)C2=O. The molecule has 5 amide bonds. The molecule has 1 aromatic carbocycles. The van der Waals surface area contributed by atoms with Gasteiger partial charge in [0.15, 0.2) is 0 Å². The highest BCUT2D eigenvalue weighted by molar-refractivity contribution is 6.26. The summed E-state index contributed by atoms with van der Waals surface area (Å²) in [5.41, 5.74) is 0.370. The molecule has 1 aromatic rings. The quantitative estimate of drug-likeness (QED) is 0.0537. The zero-order valence-electron chi connectivity index (χ0n) is 39.6. The van der Waals surface area contributed by atoms with Crippen molar-refractivity contribution in [1.29, 1.82) is 0 Å². The Morgan fingerprint density at radius 1 is 0.544 bits per heavy atom. The van der Waals surface area contributed by atoms with Gasteiger partial charge in [-0.15, -0.1) is 0 Å². The first-order chi connectivity index (χ1) is 33.3. The second-order valence-electron chi connectivity index (χ2n) is 14.9. The number of rotatable bonds is 45. The number of unbranched alkanes of at least 4 members (excludes halogenated alkanes) is 2. The standard InChI is InChI=1S/C46H73N3O19/c1-2-68-42(52)12-14-57-16-18-59-20-22-61-24-26-63-28-30-65-32-34-67-36-35-66-33-31-64-29-27-62-25-23-60-21-19-58-17-15-56-13-5-3-4-9-40(50)47-38-8-6-7-37-43(38)46(55)49(45(37)54)39-10-11-41(51)48-44(39)53/h6-8,39H,2-5,9-36H2,1H3,(H,47,50)(H,48,51,53). The number of esters is 1. The van der Waals surface area contributed by atoms with Crippen LogP contribution >= 0.6 is 0 Å². The fourth-order valence-corrected chi connectivity index (χ4v) is 6.41. The number of amides is 5. The fraction of sp³-hybridized carbons (Fsp3) is 0.739. The minimum atomic E-state index is -1.08. The van der Waals surface area contributed by atoms with Crippen LogP contribution in [0.25, 0.3) is 0 Å². The number of fused-ring (bicyclic) bond motifs is 1. The third-order valence-corrected chi connectivity index (χ3v) is 9.78. The average molecular weight is 972 g/mol. The summed E-state index contributed by atoms with van der Waals surface area (Å²) in [5.74, 6) is -3.00. The largest absolute Gasteiger partial charge is 0.466 e. The molecule has 1 fully saturated rings. The van der Waals surface area contributed by atoms with Gasteiger partial charge in [-0.2, -0.15) is 0 Å². The molecule has 22 heteroatoms. The zero-order valence-corrected chi connectivity index (χ0v) is 39.6. The molecule has 0 bridgehead atoms. The van der Waals surface area contributed by atoms with Crippen molar-refractivity contribution in [2.24, 2.45) is 0 Å². The topological polar surface area (TPSA) is 250 Å². The average Bonchev–Trinajstić information content (AvgIpc) is 3.58. The lowest BCUT2D eigenvalue weighted by Gasteiger charge is -2.27. The van der Waals surface area contributed by atoms with Gasteiger partial charge in [-0.1, -0.05) is 12.5 Å². The van der Waals surface area contributed by atoms with Crippen LogP contribution in [0.2, 0.25) is 0 Å². The molecular formula is C46H73N3O19. The van der Waals surface area contributed by atoms with Gasteiger partial charge in [-0.3, -0.25) is 39.0 Å². The second kappa shape index (κ2) is 38.8. The first-order valence-electron chi connectivity index (χ1n) is 23.6. The minimum Gasteiger partial charge on any atom is -0.466 e. The number of nitrogens with zero attached hydrogens (tertiary/aromatic N) is 1. The predicted molar refractivity (Wildman–Crippen MR) is 241 cm³/mol. The molecule has 386 valence electrons. The molecule has 0 saturated carbocycles. The molecule has 1 unspecified atom stereocenters. The third-order valence-electron chi connectivity index (χ3n) is 9.78. The number of piperidine rings is 1. The number of imide groups is 2. The molecule has 22 nitrogen and oxygen atoms in total. The van der Waals surface area contributed by atoms with Gasteiger partial charge in [0.1, 0.15) is 6.04 Å². The van der Waals surface area contributed by atoms with E-state index in [9.17, 15) is 28.8 Å². The smallest absolute Gasteiger partial charge is 0.308 e. The number of carbonyl (C=O) groups is 6. The lowest BCUT2D eigenvalue weighted by atomic mass is 10.0. The second-order valence-corrected chi connectivity index (χ2v) is 14.9. The Bertz CT molecular complexity index is 1590. The van der Waals surface area contributed by atoms with Crippen LogP contribution in [-0.2, 0) is 80.8 Å². The molecule has 1 atom stereocenters. The molecule has 3 rings (SSSR count). The first kappa shape index (κ1) is 58.3. The van der Waals surface area contributed by atoms with Crippen LogP contribution < -0.4 is 10.6 Å². The maximum Gasteiger partial charge on any atom is 0.308 e. The van der Waals surface area contributed by atoms with E-state index in [1.807, 2.05) is 0 Å². The van der Waals surface area contributed by atoms with Crippen molar-refractivity contribution < 1.29 is 90.3 Å². The van der Waals surface area contributed by atoms with E-state index in [0.717, 1.165) is 17.7 Å². The number of benzene rings is 1. The molecule has 0 radical (unpaired) electrons. The lowest BCUT2D eigenvalue weighted by Crippen LogP contribution is -2.54. The Labute approximate surface area is 398 Å². The Balaban J connectivity index is 0.959. The Kier molecular flexibility index (Phi) is 33.2. The summed E-state index contributed by atoms with van der Waals surface area (Å²) in [5, 5.41) is 4.90. The van der Waals surface area contributed by atoms with Crippen molar-refractivity contribution in [2.45, 2.75) is 57.9 Å². The van der Waals surface area contributed by atoms with Crippen molar-refractivity contribution in [3.63, 3.8) is 0 Å². The molecule has 2 heterocycles. The molecule has 2 N–H and O–H groups in total. The van der Waals surface area contributed by atoms with Crippen LogP contribution in [0.15, 0.2) is 18.2 Å². The van der Waals surface area contributed by atoms with Gasteiger partial charge in [0.2, 0.25) is 17.7 Å². The Hall–Kier alpha value is -4.04. The molecular weight excluding hydrogens is 899 g/mol. The molecule has 0 aliphatic carbocycles. The highest BCUT2D eigenvalue weighted by Crippen LogP contribution is 2.32. The maximum atomic E-state index is 13.2. The minimum absolute atomic E-state index is 0.0242. The van der Waals surface area contributed by atoms with Crippen LogP contribution in [0.3, 0.4) is 0 Å². The maximum absolute atomic E-state index is 13.2. The summed E-state index contributed by atoms with van der Waals surface area (Å²) < 4.78 is 70.6. The van der Waals surface area contributed by atoms with E-state index in [2.05, 4.69) is 10.6 Å². The molecule has 0 spiro atoms. The predicted octanol–water partition coefficient (Wildman–Crippen LogP) is 1.74. The Morgan fingerprint density at radius 3 is 1.40 bits per heavy atom. The number of anilines is 1. The third kappa shape index (κ3) is 26.1. The van der Waals surface area contributed by atoms with Crippen LogP contribution in [-0.4, -0.2) is 212 Å². The Morgan fingerprint density at radius 2 is 0.971 bits per heavy atom. The number of carbonyl (C=O) groups excluding carboxylic acids is 6. The zero-order chi connectivity index (χ0) is 48.7. The summed E-state index contributed by atoms with van der Waals surface area (Å²) in [7, 11) is 0. The van der Waals surface area contributed by atoms with E-state index in [1.54, 1.807) is 19.1 Å². The first-order valence-corrected chi connectivity index (χ1v) is 23.6. The van der Waals surface area contributed by atoms with E-state index >= 15 is 0 Å². The molecule has 2 aliphatic heterocycles. The van der Waals surface area contributed by atoms with Crippen LogP contribution in [0, 0.1) is 0 Å². The van der Waals surface area contributed by atoms with Gasteiger partial charge < -0.3 is 66.9 Å². The monoisotopic (exact) mass is 971 g/mol. The van der Waals surface area contributed by atoms with Crippen molar-refractivity contribution in [3.05, 3.63) is 29.3 Å². The van der Waals surface area contributed by atoms with Gasteiger partial charge >= 0.3 is 5.97 Å². The highest BCUT2D eigenvalue weighted by Gasteiger charge is 2.45. The number of ether oxygens (including phenoxy) is 13. The van der Waals surface area contributed by atoms with Gasteiger partial charge in [-0.05, 0) is 38.3 Å². The van der Waals surface area contributed by atoms with E-state index in [1.165, 1.54) is 6.07 Å². The summed E-state index contributed by atoms with van der Waals surface area (Å²) >= 11 is 0. The molecule has 2 aliphatic rings. The van der Waals surface area contributed by atoms with Gasteiger partial charge in [-0.25, -0.2) is 0 Å². The van der Waals surface area contributed by atoms with Gasteiger partial charge in [0.25, 0.3) is 11.8 Å². The summed E-state index contributed by atoms with van der Waals surface area (Å²) in [6.07, 6.45) is 2.66. The van der Waals surface area contributed by atoms with E-state index in [0.29, 0.717) is 172 Å². The number of hydrogen-bond donors (Lipinski definition) is 2. The number of nitrogens with one attached hydrogen (secondary N) is 2. The summed E-state index contributed by atoms with van der Waals surface area (Å²) in [6.45, 7) is 13.0. The lowest BCUT2D eigenvalue weighted by molar-refractivity contribution is -0.144. The van der Waals surface area contributed by atoms with Crippen molar-refractivity contribution in [3.8, 4) is 0 Å². The summed E-state index contributed by atoms with van der Waals surface area (Å²) in [6, 6.07) is 3.52. The molecule has 1 saturated heterocycles. The van der Waals surface area contributed by atoms with Crippen LogP contribution in [0.5, 0.6) is 0 Å². The fourth-order valence-electron chi connectivity index (χ4n) is 6.41. The van der Waals surface area contributed by atoms with Crippen molar-refractivity contribution >= 4 is 41.2 Å². The number of hydrogen-bond acceptors (Lipinski definition) is 19. The van der Waals surface area contributed by atoms with Crippen molar-refractivity contribution in [2.75, 3.05) is 170 Å². The van der Waals surface area contributed by atoms with Gasteiger partial charge in [0.05, 0.1) is 182 Å². The normalized spacial score (nSPS) is 14.7. The van der Waals surface area contributed by atoms with E-state index in [4.69, 9.17) is 61.6 Å². The van der Waals surface area contributed by atoms with Crippen molar-refractivity contribution in [1.82, 2.24) is 10.2 Å². The van der Waals surface area contributed by atoms with Crippen LogP contribution in [0.4, 0.5) is 5.69 Å².